The summed E-state index contributed by atoms with van der Waals surface area (Å²) >= 11 is 0. The molecule has 0 saturated heterocycles. The van der Waals surface area contributed by atoms with E-state index in [2.05, 4.69) is 6.07 Å². The molecule has 0 spiro atoms. The molecule has 0 unspecified atom stereocenters. The molecule has 2 aromatic carbocycles. The van der Waals surface area contributed by atoms with E-state index in [1.807, 2.05) is 19.1 Å². The van der Waals surface area contributed by atoms with Crippen LogP contribution in [0.3, 0.4) is 0 Å². The minimum Gasteiger partial charge on any atom is -0.450 e. The van der Waals surface area contributed by atoms with Gasteiger partial charge in [-0.3, -0.25) is 0 Å². The zero-order chi connectivity index (χ0) is 11.4. The van der Waals surface area contributed by atoms with Crippen LogP contribution in [-0.4, -0.2) is 5.97 Å². The van der Waals surface area contributed by atoms with Gasteiger partial charge in [-0.1, -0.05) is 17.7 Å². The third-order valence-corrected chi connectivity index (χ3v) is 2.19. The van der Waals surface area contributed by atoms with Crippen LogP contribution in [0.4, 0.5) is 0 Å². The Hall–Kier alpha value is 0.118. The van der Waals surface area contributed by atoms with Crippen LogP contribution in [0.2, 0.25) is 0 Å². The minimum absolute atomic E-state index is 0. The molecule has 2 aromatic rings. The summed E-state index contributed by atoms with van der Waals surface area (Å²) in [5.74, 6) is 0.190. The average molecular weight is 389 g/mol. The maximum atomic E-state index is 11.7. The second-order valence-electron chi connectivity index (χ2n) is 3.49. The molecule has 0 aliphatic heterocycles. The van der Waals surface area contributed by atoms with Gasteiger partial charge in [0.1, 0.15) is 0 Å². The van der Waals surface area contributed by atoms with Gasteiger partial charge in [0.05, 0.1) is 5.56 Å². The first-order valence-electron chi connectivity index (χ1n) is 5.01. The van der Waals surface area contributed by atoms with Gasteiger partial charge in [0.15, 0.2) is 0 Å². The van der Waals surface area contributed by atoms with Crippen LogP contribution >= 0.6 is 0 Å². The average Bonchev–Trinajstić information content (AvgIpc) is 2.31. The molecule has 86 valence electrons. The van der Waals surface area contributed by atoms with Crippen LogP contribution in [0, 0.1) is 13.0 Å². The number of ether oxygens (including phenoxy) is 1. The maximum Gasteiger partial charge on any atom is 0.341 e. The summed E-state index contributed by atoms with van der Waals surface area (Å²) in [5, 5.41) is 0. The Morgan fingerprint density at radius 1 is 1.00 bits per heavy atom. The summed E-state index contributed by atoms with van der Waals surface area (Å²) in [5.41, 5.74) is 1.67. The van der Waals surface area contributed by atoms with Crippen molar-refractivity contribution in [3.05, 3.63) is 65.7 Å². The Labute approximate surface area is 157 Å². The van der Waals surface area contributed by atoms with Crippen molar-refractivity contribution in [2.24, 2.45) is 0 Å². The van der Waals surface area contributed by atoms with Crippen LogP contribution in [0.15, 0.2) is 48.5 Å². The van der Waals surface area contributed by atoms with Crippen molar-refractivity contribution in [3.63, 3.8) is 0 Å². The summed E-state index contributed by atoms with van der Waals surface area (Å²) in [6.07, 6.45) is 0. The largest absolute Gasteiger partial charge is 0.450 e. The normalized spacial score (nSPS) is 8.72. The van der Waals surface area contributed by atoms with Gasteiger partial charge in [0, 0.05) is 71.2 Å². The number of carbonyl (C=O) groups excluding carboxylic acids is 1. The molecule has 0 aliphatic rings. The Kier molecular flexibility index (Phi) is 9.15. The van der Waals surface area contributed by atoms with Gasteiger partial charge in [-0.2, -0.15) is 18.2 Å². The molecule has 0 aliphatic carbocycles. The predicted molar refractivity (Wildman–Crippen MR) is 61.4 cm³/mol. The third kappa shape index (κ3) is 5.40. The van der Waals surface area contributed by atoms with Crippen molar-refractivity contribution in [2.75, 3.05) is 0 Å². The van der Waals surface area contributed by atoms with E-state index < -0.39 is 0 Å². The van der Waals surface area contributed by atoms with Crippen LogP contribution in [0.1, 0.15) is 15.9 Å². The standard InChI is InChI=1S/C14H11O2.2Y/c1-11-7-9-12(10-8-11)14(15)16-13-5-3-2-4-6-13;;/h3-10H,1H3;;/q-1;;. The molecule has 0 fully saturated rings. The Morgan fingerprint density at radius 2 is 1.56 bits per heavy atom. The zero-order valence-electron chi connectivity index (χ0n) is 10.1. The molecule has 2 nitrogen and oxygen atoms in total. The summed E-state index contributed by atoms with van der Waals surface area (Å²) in [6.45, 7) is 1.97. The van der Waals surface area contributed by atoms with Gasteiger partial charge < -0.3 is 4.74 Å². The quantitative estimate of drug-likeness (QED) is 0.449. The fourth-order valence-electron chi connectivity index (χ4n) is 1.30. The summed E-state index contributed by atoms with van der Waals surface area (Å²) in [6, 6.07) is 17.0. The van der Waals surface area contributed by atoms with Crippen molar-refractivity contribution in [1.29, 1.82) is 0 Å². The monoisotopic (exact) mass is 389 g/mol. The number of hydrogen-bond donors (Lipinski definition) is 0. The van der Waals surface area contributed by atoms with Crippen LogP contribution in [0.25, 0.3) is 0 Å². The number of aryl methyl sites for hydroxylation is 1. The third-order valence-electron chi connectivity index (χ3n) is 2.19. The van der Waals surface area contributed by atoms with Gasteiger partial charge in [0.25, 0.3) is 0 Å². The number of benzene rings is 2. The van der Waals surface area contributed by atoms with E-state index >= 15 is 0 Å². The van der Waals surface area contributed by atoms with E-state index in [1.54, 1.807) is 36.4 Å². The first-order chi connectivity index (χ1) is 7.75. The first kappa shape index (κ1) is 18.1. The van der Waals surface area contributed by atoms with Gasteiger partial charge >= 0.3 is 5.97 Å². The van der Waals surface area contributed by atoms with E-state index in [0.29, 0.717) is 11.3 Å². The fraction of sp³-hybridized carbons (Fsp3) is 0.0714. The molecule has 0 bridgehead atoms. The van der Waals surface area contributed by atoms with Crippen molar-refractivity contribution in [2.45, 2.75) is 6.92 Å². The van der Waals surface area contributed by atoms with E-state index in [1.165, 1.54) is 0 Å². The van der Waals surface area contributed by atoms with Crippen molar-refractivity contribution in [3.8, 4) is 5.75 Å². The predicted octanol–water partition coefficient (Wildman–Crippen LogP) is 3.01. The second kappa shape index (κ2) is 9.09. The SMILES string of the molecule is Cc1ccc(C(=O)Oc2cc[c-]cc2)cc1.[Y].[Y]. The molecule has 0 heterocycles. The van der Waals surface area contributed by atoms with Crippen molar-refractivity contribution < 1.29 is 74.9 Å². The van der Waals surface area contributed by atoms with Gasteiger partial charge in [-0.25, -0.2) is 4.79 Å². The van der Waals surface area contributed by atoms with E-state index in [9.17, 15) is 4.79 Å². The molecular weight excluding hydrogens is 378 g/mol. The maximum absolute atomic E-state index is 11.7. The molecule has 0 saturated carbocycles. The van der Waals surface area contributed by atoms with Crippen molar-refractivity contribution in [1.82, 2.24) is 0 Å². The molecule has 18 heavy (non-hydrogen) atoms. The molecule has 0 aromatic heterocycles. The molecular formula is C14H11O2Y2-. The van der Waals surface area contributed by atoms with Gasteiger partial charge in [0.2, 0.25) is 0 Å². The molecule has 0 N–H and O–H groups in total. The van der Waals surface area contributed by atoms with E-state index in [0.717, 1.165) is 5.56 Å². The van der Waals surface area contributed by atoms with Crippen LogP contribution in [0.5, 0.6) is 5.75 Å². The number of carbonyl (C=O) groups is 1. The van der Waals surface area contributed by atoms with Crippen molar-refractivity contribution >= 4 is 5.97 Å². The van der Waals surface area contributed by atoms with E-state index in [-0.39, 0.29) is 71.4 Å². The van der Waals surface area contributed by atoms with Crippen LogP contribution in [-0.2, 0) is 65.4 Å². The Bertz CT molecular complexity index is 481. The number of hydrogen-bond acceptors (Lipinski definition) is 2. The Morgan fingerprint density at radius 3 is 2.11 bits per heavy atom. The number of esters is 1. The molecule has 0 amide bonds. The Balaban J connectivity index is 0.00000144. The summed E-state index contributed by atoms with van der Waals surface area (Å²) < 4.78 is 5.18. The zero-order valence-corrected chi connectivity index (χ0v) is 15.8. The molecule has 0 atom stereocenters. The summed E-state index contributed by atoms with van der Waals surface area (Å²) in [7, 11) is 0. The van der Waals surface area contributed by atoms with E-state index in [4.69, 9.17) is 4.74 Å². The van der Waals surface area contributed by atoms with Crippen LogP contribution < -0.4 is 4.74 Å². The molecule has 2 radical (unpaired) electrons. The number of rotatable bonds is 2. The minimum atomic E-state index is -0.341. The van der Waals surface area contributed by atoms with Gasteiger partial charge in [-0.05, 0) is 19.1 Å². The molecule has 4 heteroatoms. The first-order valence-corrected chi connectivity index (χ1v) is 5.01. The fourth-order valence-corrected chi connectivity index (χ4v) is 1.30. The topological polar surface area (TPSA) is 26.3 Å². The summed E-state index contributed by atoms with van der Waals surface area (Å²) in [4.78, 5) is 11.7. The smallest absolute Gasteiger partial charge is 0.341 e. The second-order valence-corrected chi connectivity index (χ2v) is 3.49. The molecule has 2 rings (SSSR count). The van der Waals surface area contributed by atoms with Gasteiger partial charge in [-0.15, -0.1) is 12.1 Å².